The second-order valence-electron chi connectivity index (χ2n) is 4.23. The highest BCUT2D eigenvalue weighted by atomic mass is 35.5. The third-order valence-electron chi connectivity index (χ3n) is 3.09. The average Bonchev–Trinajstić information content (AvgIpc) is 2.64. The lowest BCUT2D eigenvalue weighted by Gasteiger charge is -2.18. The van der Waals surface area contributed by atoms with Gasteiger partial charge in [-0.3, -0.25) is 9.69 Å². The molecule has 19 heavy (non-hydrogen) atoms. The van der Waals surface area contributed by atoms with Crippen LogP contribution in [0.4, 0.5) is 10.1 Å². The first kappa shape index (κ1) is 11.9. The largest absolute Gasteiger partial charge is 0.274 e. The third kappa shape index (κ3) is 1.74. The Bertz CT molecular complexity index is 676. The topological polar surface area (TPSA) is 20.3 Å². The fourth-order valence-electron chi connectivity index (χ4n) is 2.20. The summed E-state index contributed by atoms with van der Waals surface area (Å²) in [6, 6.07) is 11.3. The van der Waals surface area contributed by atoms with Gasteiger partial charge in [0.2, 0.25) is 0 Å². The van der Waals surface area contributed by atoms with Gasteiger partial charge >= 0.3 is 0 Å². The summed E-state index contributed by atoms with van der Waals surface area (Å²) in [6.45, 7) is 3.87. The normalized spacial score (nSPS) is 13.9. The van der Waals surface area contributed by atoms with Crippen molar-refractivity contribution < 1.29 is 9.18 Å². The SMILES string of the molecule is C=C1c2ccccc2C(=O)N1c1ccc(Cl)cc1F. The highest BCUT2D eigenvalue weighted by molar-refractivity contribution is 6.30. The van der Waals surface area contributed by atoms with Gasteiger partial charge in [-0.05, 0) is 24.3 Å². The van der Waals surface area contributed by atoms with Crippen molar-refractivity contribution in [3.63, 3.8) is 0 Å². The van der Waals surface area contributed by atoms with E-state index >= 15 is 0 Å². The molecule has 1 aliphatic heterocycles. The Balaban J connectivity index is 2.14. The maximum absolute atomic E-state index is 14.0. The first-order valence-electron chi connectivity index (χ1n) is 5.67. The summed E-state index contributed by atoms with van der Waals surface area (Å²) < 4.78 is 14.0. The Labute approximate surface area is 114 Å². The molecule has 0 saturated heterocycles. The van der Waals surface area contributed by atoms with Gasteiger partial charge in [0.1, 0.15) is 5.82 Å². The first-order valence-corrected chi connectivity index (χ1v) is 6.05. The van der Waals surface area contributed by atoms with E-state index in [9.17, 15) is 9.18 Å². The summed E-state index contributed by atoms with van der Waals surface area (Å²) in [7, 11) is 0. The van der Waals surface area contributed by atoms with Gasteiger partial charge in [0.25, 0.3) is 5.91 Å². The monoisotopic (exact) mass is 273 g/mol. The number of halogens is 2. The second-order valence-corrected chi connectivity index (χ2v) is 4.67. The molecule has 3 rings (SSSR count). The predicted octanol–water partition coefficient (Wildman–Crippen LogP) is 4.11. The van der Waals surface area contributed by atoms with Crippen LogP contribution in [0.5, 0.6) is 0 Å². The van der Waals surface area contributed by atoms with Crippen molar-refractivity contribution in [3.8, 4) is 0 Å². The van der Waals surface area contributed by atoms with Crippen LogP contribution < -0.4 is 4.90 Å². The zero-order chi connectivity index (χ0) is 13.6. The van der Waals surface area contributed by atoms with Gasteiger partial charge in [0.05, 0.1) is 11.4 Å². The maximum atomic E-state index is 14.0. The molecular weight excluding hydrogens is 265 g/mol. The van der Waals surface area contributed by atoms with Crippen LogP contribution in [0.3, 0.4) is 0 Å². The number of fused-ring (bicyclic) bond motifs is 1. The van der Waals surface area contributed by atoms with Gasteiger partial charge in [-0.15, -0.1) is 0 Å². The smallest absolute Gasteiger partial charge is 0.263 e. The molecule has 0 fully saturated rings. The van der Waals surface area contributed by atoms with E-state index in [0.29, 0.717) is 11.3 Å². The summed E-state index contributed by atoms with van der Waals surface area (Å²) in [5.74, 6) is -0.823. The highest BCUT2D eigenvalue weighted by Crippen LogP contribution is 2.37. The van der Waals surface area contributed by atoms with Crippen molar-refractivity contribution in [1.29, 1.82) is 0 Å². The van der Waals surface area contributed by atoms with Gasteiger partial charge in [-0.25, -0.2) is 4.39 Å². The van der Waals surface area contributed by atoms with Crippen LogP contribution in [0.1, 0.15) is 15.9 Å². The van der Waals surface area contributed by atoms with Gasteiger partial charge < -0.3 is 0 Å². The minimum absolute atomic E-state index is 0.163. The molecule has 1 amide bonds. The van der Waals surface area contributed by atoms with Crippen molar-refractivity contribution in [2.75, 3.05) is 4.90 Å². The van der Waals surface area contributed by atoms with E-state index in [0.717, 1.165) is 5.56 Å². The number of carbonyl (C=O) groups is 1. The van der Waals surface area contributed by atoms with Crippen molar-refractivity contribution in [2.45, 2.75) is 0 Å². The minimum Gasteiger partial charge on any atom is -0.274 e. The first-order chi connectivity index (χ1) is 9.09. The number of nitrogens with zero attached hydrogens (tertiary/aromatic N) is 1. The Hall–Kier alpha value is -2.13. The van der Waals surface area contributed by atoms with Crippen molar-refractivity contribution in [2.24, 2.45) is 0 Å². The number of anilines is 1. The number of amides is 1. The molecular formula is C15H9ClFNO. The predicted molar refractivity (Wildman–Crippen MR) is 73.7 cm³/mol. The van der Waals surface area contributed by atoms with Gasteiger partial charge in [0.15, 0.2) is 0 Å². The molecule has 0 radical (unpaired) electrons. The minimum atomic E-state index is -0.546. The fraction of sp³-hybridized carbons (Fsp3) is 0. The average molecular weight is 274 g/mol. The Morgan fingerprint density at radius 2 is 1.79 bits per heavy atom. The third-order valence-corrected chi connectivity index (χ3v) is 3.33. The molecule has 2 aromatic carbocycles. The van der Waals surface area contributed by atoms with Gasteiger partial charge in [-0.2, -0.15) is 0 Å². The Morgan fingerprint density at radius 3 is 2.42 bits per heavy atom. The number of hydrogen-bond acceptors (Lipinski definition) is 1. The molecule has 0 unspecified atom stereocenters. The molecule has 1 aliphatic rings. The van der Waals surface area contributed by atoms with E-state index in [-0.39, 0.29) is 16.6 Å². The molecule has 0 aromatic heterocycles. The van der Waals surface area contributed by atoms with Crippen LogP contribution in [0.25, 0.3) is 5.70 Å². The van der Waals surface area contributed by atoms with E-state index in [4.69, 9.17) is 11.6 Å². The quantitative estimate of drug-likeness (QED) is 0.766. The number of rotatable bonds is 1. The summed E-state index contributed by atoms with van der Waals surface area (Å²) >= 11 is 5.72. The summed E-state index contributed by atoms with van der Waals surface area (Å²) in [6.07, 6.45) is 0. The number of carbonyl (C=O) groups excluding carboxylic acids is 1. The van der Waals surface area contributed by atoms with Gasteiger partial charge in [0, 0.05) is 16.1 Å². The van der Waals surface area contributed by atoms with E-state index in [1.807, 2.05) is 6.07 Å². The highest BCUT2D eigenvalue weighted by Gasteiger charge is 2.33. The van der Waals surface area contributed by atoms with E-state index in [1.165, 1.54) is 17.0 Å². The second kappa shape index (κ2) is 4.21. The van der Waals surface area contributed by atoms with Crippen LogP contribution in [-0.2, 0) is 0 Å². The maximum Gasteiger partial charge on any atom is 0.263 e. The molecule has 0 saturated carbocycles. The molecule has 0 atom stereocenters. The molecule has 2 aromatic rings. The van der Waals surface area contributed by atoms with Crippen molar-refractivity contribution in [3.05, 3.63) is 71.0 Å². The number of benzene rings is 2. The lowest BCUT2D eigenvalue weighted by atomic mass is 10.1. The zero-order valence-corrected chi connectivity index (χ0v) is 10.6. The molecule has 1 heterocycles. The lowest BCUT2D eigenvalue weighted by Crippen LogP contribution is -2.22. The summed E-state index contributed by atoms with van der Waals surface area (Å²) in [5, 5.41) is 0.288. The van der Waals surface area contributed by atoms with Crippen LogP contribution in [0, 0.1) is 5.82 Å². The molecule has 94 valence electrons. The lowest BCUT2D eigenvalue weighted by molar-refractivity contribution is 0.101. The Morgan fingerprint density at radius 1 is 1.11 bits per heavy atom. The van der Waals surface area contributed by atoms with E-state index in [1.54, 1.807) is 24.3 Å². The molecule has 0 bridgehead atoms. The zero-order valence-electron chi connectivity index (χ0n) is 9.86. The van der Waals surface area contributed by atoms with Crippen LogP contribution >= 0.6 is 11.6 Å². The van der Waals surface area contributed by atoms with E-state index < -0.39 is 5.82 Å². The summed E-state index contributed by atoms with van der Waals surface area (Å²) in [5.41, 5.74) is 1.89. The van der Waals surface area contributed by atoms with E-state index in [2.05, 4.69) is 6.58 Å². The van der Waals surface area contributed by atoms with Crippen LogP contribution in [-0.4, -0.2) is 5.91 Å². The van der Waals surface area contributed by atoms with Crippen LogP contribution in [0.2, 0.25) is 5.02 Å². The molecule has 0 N–H and O–H groups in total. The standard InChI is InChI=1S/C15H9ClFNO/c1-9-11-4-2-3-5-12(11)15(19)18(9)14-7-6-10(16)8-13(14)17/h2-8H,1H2. The molecule has 0 spiro atoms. The molecule has 2 nitrogen and oxygen atoms in total. The van der Waals surface area contributed by atoms with Crippen molar-refractivity contribution in [1.82, 2.24) is 0 Å². The molecule has 4 heteroatoms. The van der Waals surface area contributed by atoms with Crippen molar-refractivity contribution >= 4 is 28.9 Å². The fourth-order valence-corrected chi connectivity index (χ4v) is 2.36. The Kier molecular flexibility index (Phi) is 2.64. The molecule has 0 aliphatic carbocycles. The summed E-state index contributed by atoms with van der Waals surface area (Å²) in [4.78, 5) is 13.6. The van der Waals surface area contributed by atoms with Gasteiger partial charge in [-0.1, -0.05) is 36.4 Å². The number of hydrogen-bond donors (Lipinski definition) is 0. The van der Waals surface area contributed by atoms with Crippen LogP contribution in [0.15, 0.2) is 49.0 Å².